The fourth-order valence-electron chi connectivity index (χ4n) is 4.37. The number of hydrogen-bond acceptors (Lipinski definition) is 7. The Balaban J connectivity index is 1.78. The number of nitrogens with zero attached hydrogens (tertiary/aromatic N) is 3. The van der Waals surface area contributed by atoms with E-state index in [1.165, 1.54) is 6.33 Å². The summed E-state index contributed by atoms with van der Waals surface area (Å²) >= 11 is 0. The van der Waals surface area contributed by atoms with Crippen molar-refractivity contribution in [3.63, 3.8) is 0 Å². The highest BCUT2D eigenvalue weighted by Gasteiger charge is 2.41. The Morgan fingerprint density at radius 3 is 2.70 bits per heavy atom. The van der Waals surface area contributed by atoms with E-state index in [9.17, 15) is 0 Å². The number of nitrogens with two attached hydrogens (primary N) is 2. The Morgan fingerprint density at radius 1 is 1.20 bits per heavy atom. The summed E-state index contributed by atoms with van der Waals surface area (Å²) < 4.78 is 6.28. The molecule has 1 aromatic carbocycles. The molecule has 0 atom stereocenters. The maximum atomic E-state index is 6.28. The first kappa shape index (κ1) is 20.2. The highest BCUT2D eigenvalue weighted by Crippen LogP contribution is 2.45. The number of hydrogen-bond donors (Lipinski definition) is 2. The lowest BCUT2D eigenvalue weighted by Gasteiger charge is -2.35. The highest BCUT2D eigenvalue weighted by atomic mass is 16.6. The molecule has 7 heteroatoms. The summed E-state index contributed by atoms with van der Waals surface area (Å²) in [5.74, 6) is 3.67. The molecule has 156 valence electrons. The molecule has 1 aromatic heterocycles. The van der Waals surface area contributed by atoms with Crippen molar-refractivity contribution in [2.24, 2.45) is 10.9 Å². The number of anilines is 1. The molecule has 0 bridgehead atoms. The summed E-state index contributed by atoms with van der Waals surface area (Å²) in [5.41, 5.74) is 15.9. The largest absolute Gasteiger partial charge is 0.490 e. The third-order valence-electron chi connectivity index (χ3n) is 5.92. The molecule has 30 heavy (non-hydrogen) atoms. The molecular weight excluding hydrogens is 378 g/mol. The van der Waals surface area contributed by atoms with Crippen LogP contribution >= 0.6 is 0 Å². The van der Waals surface area contributed by atoms with Crippen LogP contribution in [0.1, 0.15) is 50.7 Å². The topological polar surface area (TPSA) is 109 Å². The van der Waals surface area contributed by atoms with Crippen molar-refractivity contribution in [1.29, 1.82) is 0 Å². The normalized spacial score (nSPS) is 23.2. The van der Waals surface area contributed by atoms with Gasteiger partial charge in [0.15, 0.2) is 6.61 Å². The average Bonchev–Trinajstić information content (AvgIpc) is 2.72. The number of fused-ring (bicyclic) bond motifs is 3. The molecule has 0 radical (unpaired) electrons. The summed E-state index contributed by atoms with van der Waals surface area (Å²) in [5, 5.41) is 4.40. The van der Waals surface area contributed by atoms with E-state index >= 15 is 0 Å². The Hall–Kier alpha value is -3.11. The maximum absolute atomic E-state index is 6.28. The molecule has 1 saturated carbocycles. The number of rotatable bonds is 4. The van der Waals surface area contributed by atoms with Gasteiger partial charge in [-0.3, -0.25) is 0 Å². The smallest absolute Gasteiger partial charge is 0.177 e. The molecule has 0 amide bonds. The lowest BCUT2D eigenvalue weighted by Crippen LogP contribution is -2.36. The van der Waals surface area contributed by atoms with Gasteiger partial charge in [-0.25, -0.2) is 9.97 Å². The Kier molecular flexibility index (Phi) is 5.35. The second kappa shape index (κ2) is 7.96. The van der Waals surface area contributed by atoms with Crippen molar-refractivity contribution in [3.8, 4) is 29.4 Å². The first-order valence-corrected chi connectivity index (χ1v) is 10.2. The molecule has 4 N–H and O–H groups in total. The van der Waals surface area contributed by atoms with Gasteiger partial charge in [0.2, 0.25) is 0 Å². The summed E-state index contributed by atoms with van der Waals surface area (Å²) in [7, 11) is 0. The van der Waals surface area contributed by atoms with Crippen LogP contribution in [0.15, 0.2) is 29.7 Å². The third kappa shape index (κ3) is 3.59. The number of nitrogen functional groups attached to an aromatic ring is 1. The lowest BCUT2D eigenvalue weighted by atomic mass is 9.70. The van der Waals surface area contributed by atoms with E-state index in [0.717, 1.165) is 59.5 Å². The molecule has 0 aliphatic heterocycles. The van der Waals surface area contributed by atoms with Crippen LogP contribution in [0, 0.1) is 12.3 Å². The molecule has 1 fully saturated rings. The Morgan fingerprint density at radius 2 is 1.97 bits per heavy atom. The van der Waals surface area contributed by atoms with Crippen LogP contribution in [0.25, 0.3) is 11.3 Å². The molecule has 7 nitrogen and oxygen atoms in total. The quantitative estimate of drug-likeness (QED) is 0.460. The van der Waals surface area contributed by atoms with Gasteiger partial charge in [-0.1, -0.05) is 11.1 Å². The predicted molar refractivity (Wildman–Crippen MR) is 117 cm³/mol. The number of oxime groups is 1. The first-order chi connectivity index (χ1) is 14.4. The monoisotopic (exact) mass is 405 g/mol. The molecule has 0 saturated heterocycles. The summed E-state index contributed by atoms with van der Waals surface area (Å²) in [4.78, 5) is 14.1. The van der Waals surface area contributed by atoms with Crippen LogP contribution in [-0.2, 0) is 10.3 Å². The Labute approximate surface area is 176 Å². The van der Waals surface area contributed by atoms with Gasteiger partial charge in [0.05, 0.1) is 17.5 Å². The Bertz CT molecular complexity index is 1020. The van der Waals surface area contributed by atoms with Gasteiger partial charge in [-0.05, 0) is 57.7 Å². The lowest BCUT2D eigenvalue weighted by molar-refractivity contribution is 0.147. The van der Waals surface area contributed by atoms with Gasteiger partial charge >= 0.3 is 0 Å². The van der Waals surface area contributed by atoms with E-state index in [2.05, 4.69) is 21.0 Å². The zero-order chi connectivity index (χ0) is 21.3. The fraction of sp³-hybridized carbons (Fsp3) is 0.435. The van der Waals surface area contributed by atoms with Gasteiger partial charge in [0.25, 0.3) is 0 Å². The standard InChI is InChI=1S/C23H27N5O2/c1-4-11-29-28-21-18-12-16(30-15-7-5-14(24)6-8-15)9-10-17(18)20-19(23(21,2)3)22(25)27-13-26-20/h1,9-10,12-15H,5-8,11,24H2,2-3H3,(H2,25,26,27)/b28-21+. The second-order valence-corrected chi connectivity index (χ2v) is 8.39. The first-order valence-electron chi connectivity index (χ1n) is 10.2. The van der Waals surface area contributed by atoms with Crippen LogP contribution in [0.3, 0.4) is 0 Å². The SMILES string of the molecule is C#CCO/N=C1\c2cc(OC3CCC(N)CC3)ccc2-c2ncnc(N)c2C1(C)C. The van der Waals surface area contributed by atoms with E-state index < -0.39 is 5.41 Å². The second-order valence-electron chi connectivity index (χ2n) is 8.39. The summed E-state index contributed by atoms with van der Waals surface area (Å²) in [6, 6.07) is 6.25. The van der Waals surface area contributed by atoms with Crippen molar-refractivity contribution >= 4 is 11.5 Å². The van der Waals surface area contributed by atoms with Crippen molar-refractivity contribution in [2.45, 2.75) is 57.1 Å². The van der Waals surface area contributed by atoms with E-state index in [4.69, 9.17) is 27.5 Å². The summed E-state index contributed by atoms with van der Waals surface area (Å²) in [6.45, 7) is 4.15. The number of benzene rings is 1. The fourth-order valence-corrected chi connectivity index (χ4v) is 4.37. The summed E-state index contributed by atoms with van der Waals surface area (Å²) in [6.07, 6.45) is 10.9. The molecular formula is C23H27N5O2. The van der Waals surface area contributed by atoms with Gasteiger partial charge in [-0.2, -0.15) is 0 Å². The molecule has 2 aromatic rings. The minimum atomic E-state index is -0.571. The molecule has 0 spiro atoms. The van der Waals surface area contributed by atoms with Gasteiger partial charge in [0, 0.05) is 28.1 Å². The van der Waals surface area contributed by atoms with Crippen LogP contribution in [0.2, 0.25) is 0 Å². The predicted octanol–water partition coefficient (Wildman–Crippen LogP) is 3.02. The van der Waals surface area contributed by atoms with E-state index in [1.54, 1.807) is 0 Å². The third-order valence-corrected chi connectivity index (χ3v) is 5.92. The van der Waals surface area contributed by atoms with Crippen LogP contribution in [0.5, 0.6) is 5.75 Å². The van der Waals surface area contributed by atoms with Crippen LogP contribution in [0.4, 0.5) is 5.82 Å². The zero-order valence-corrected chi connectivity index (χ0v) is 17.4. The van der Waals surface area contributed by atoms with Crippen molar-refractivity contribution in [2.75, 3.05) is 12.3 Å². The minimum absolute atomic E-state index is 0.0844. The molecule has 4 rings (SSSR count). The van der Waals surface area contributed by atoms with Gasteiger partial charge < -0.3 is 21.0 Å². The van der Waals surface area contributed by atoms with E-state index in [0.29, 0.717) is 5.82 Å². The number of ether oxygens (including phenoxy) is 1. The molecule has 2 aliphatic carbocycles. The highest BCUT2D eigenvalue weighted by molar-refractivity contribution is 6.15. The molecule has 2 aliphatic rings. The van der Waals surface area contributed by atoms with Crippen molar-refractivity contribution < 1.29 is 9.57 Å². The van der Waals surface area contributed by atoms with Gasteiger partial charge in [-0.15, -0.1) is 6.42 Å². The van der Waals surface area contributed by atoms with Crippen LogP contribution in [-0.4, -0.2) is 34.4 Å². The van der Waals surface area contributed by atoms with E-state index in [-0.39, 0.29) is 18.8 Å². The van der Waals surface area contributed by atoms with Crippen LogP contribution < -0.4 is 16.2 Å². The van der Waals surface area contributed by atoms with Gasteiger partial charge in [0.1, 0.15) is 17.9 Å². The van der Waals surface area contributed by atoms with Crippen molar-refractivity contribution in [1.82, 2.24) is 9.97 Å². The zero-order valence-electron chi connectivity index (χ0n) is 17.4. The number of terminal acetylenes is 1. The van der Waals surface area contributed by atoms with Crippen molar-refractivity contribution in [3.05, 3.63) is 35.7 Å². The minimum Gasteiger partial charge on any atom is -0.490 e. The van der Waals surface area contributed by atoms with E-state index in [1.807, 2.05) is 32.0 Å². The maximum Gasteiger partial charge on any atom is 0.177 e. The molecule has 0 unspecified atom stereocenters. The molecule has 1 heterocycles. The number of aromatic nitrogens is 2. The average molecular weight is 406 g/mol.